The lowest BCUT2D eigenvalue weighted by atomic mass is 10.6. The van der Waals surface area contributed by atoms with Gasteiger partial charge in [0.15, 0.2) is 0 Å². The van der Waals surface area contributed by atoms with Gasteiger partial charge in [0.1, 0.15) is 0 Å². The van der Waals surface area contributed by atoms with Crippen molar-refractivity contribution in [2.24, 2.45) is 0 Å². The molecular weight excluding hydrogens is 296 g/mol. The second-order valence-corrected chi connectivity index (χ2v) is 17.0. The molecule has 4 atom stereocenters. The lowest BCUT2D eigenvalue weighted by Crippen LogP contribution is -2.59. The Balaban J connectivity index is 2.86. The van der Waals surface area contributed by atoms with Crippen LogP contribution in [0.2, 0.25) is 38.3 Å². The van der Waals surface area contributed by atoms with E-state index >= 15 is 0 Å². The Morgan fingerprint density at radius 3 is 1.56 bits per heavy atom. The summed E-state index contributed by atoms with van der Waals surface area (Å²) in [4.78, 5) is 0. The number of hydrogen-bond acceptors (Lipinski definition) is 4. The Morgan fingerprint density at radius 1 is 0.833 bits per heavy atom. The predicted molar refractivity (Wildman–Crippen MR) is 83.8 cm³/mol. The van der Waals surface area contributed by atoms with Gasteiger partial charge in [0.2, 0.25) is 0 Å². The van der Waals surface area contributed by atoms with E-state index in [0.29, 0.717) is 0 Å². The highest BCUT2D eigenvalue weighted by molar-refractivity contribution is 6.86. The molecule has 0 amide bonds. The molecule has 0 radical (unpaired) electrons. The van der Waals surface area contributed by atoms with Crippen LogP contribution < -0.4 is 0 Å². The molecule has 1 heterocycles. The molecule has 0 aliphatic carbocycles. The number of rotatable bonds is 4. The smallest absolute Gasteiger partial charge is 0.317 e. The van der Waals surface area contributed by atoms with Gasteiger partial charge in [-0.1, -0.05) is 26.7 Å². The lowest BCUT2D eigenvalue weighted by molar-refractivity contribution is 0.254. The summed E-state index contributed by atoms with van der Waals surface area (Å²) < 4.78 is 25.0. The number of hydrogen-bond donors (Lipinski definition) is 0. The van der Waals surface area contributed by atoms with Crippen molar-refractivity contribution >= 4 is 35.7 Å². The summed E-state index contributed by atoms with van der Waals surface area (Å²) >= 11 is 0. The molecule has 108 valence electrons. The molecule has 0 saturated carbocycles. The average molecular weight is 325 g/mol. The van der Waals surface area contributed by atoms with E-state index in [0.717, 1.165) is 24.9 Å². The summed E-state index contributed by atoms with van der Waals surface area (Å²) in [6.07, 6.45) is 2.21. The van der Waals surface area contributed by atoms with Crippen LogP contribution in [0, 0.1) is 0 Å². The maximum atomic E-state index is 6.51. The van der Waals surface area contributed by atoms with Gasteiger partial charge in [0, 0.05) is 0 Å². The minimum Gasteiger partial charge on any atom is -0.420 e. The van der Waals surface area contributed by atoms with E-state index in [9.17, 15) is 0 Å². The molecule has 1 saturated heterocycles. The first-order valence-electron chi connectivity index (χ1n) is 7.04. The molecule has 1 aliphatic heterocycles. The maximum Gasteiger partial charge on any atom is 0.317 e. The first-order chi connectivity index (χ1) is 8.32. The van der Waals surface area contributed by atoms with Crippen molar-refractivity contribution in [2.45, 2.75) is 65.0 Å². The zero-order chi connectivity index (χ0) is 13.8. The van der Waals surface area contributed by atoms with E-state index in [2.05, 4.69) is 40.0 Å². The standard InChI is InChI=1S/C10H28O4Si4/c1-7-9-17(5)12-15(3)11-16(4)13-18(6,14-17)10-8-2/h15-16H,7-10H2,1-6H3. The van der Waals surface area contributed by atoms with Gasteiger partial charge < -0.3 is 16.5 Å². The Morgan fingerprint density at radius 2 is 1.22 bits per heavy atom. The van der Waals surface area contributed by atoms with Crippen LogP contribution in [0.25, 0.3) is 0 Å². The third kappa shape index (κ3) is 5.00. The second-order valence-electron chi connectivity index (χ2n) is 5.38. The van der Waals surface area contributed by atoms with Crippen LogP contribution in [0.15, 0.2) is 0 Å². The normalized spacial score (nSPS) is 42.3. The van der Waals surface area contributed by atoms with Crippen molar-refractivity contribution < 1.29 is 16.5 Å². The summed E-state index contributed by atoms with van der Waals surface area (Å²) in [5, 5.41) is 0. The lowest BCUT2D eigenvalue weighted by Gasteiger charge is -2.42. The Hall–Kier alpha value is 0.708. The van der Waals surface area contributed by atoms with Gasteiger partial charge in [-0.2, -0.15) is 0 Å². The van der Waals surface area contributed by atoms with E-state index in [4.69, 9.17) is 16.5 Å². The van der Waals surface area contributed by atoms with E-state index in [1.807, 2.05) is 0 Å². The van der Waals surface area contributed by atoms with E-state index in [1.54, 1.807) is 0 Å². The third-order valence-electron chi connectivity index (χ3n) is 3.05. The molecule has 0 aromatic heterocycles. The molecule has 1 aliphatic rings. The first kappa shape index (κ1) is 16.8. The van der Waals surface area contributed by atoms with Gasteiger partial charge >= 0.3 is 17.1 Å². The van der Waals surface area contributed by atoms with Gasteiger partial charge in [0.05, 0.1) is 0 Å². The van der Waals surface area contributed by atoms with Crippen LogP contribution in [0.1, 0.15) is 26.7 Å². The first-order valence-corrected chi connectivity index (χ1v) is 16.3. The van der Waals surface area contributed by atoms with Crippen molar-refractivity contribution in [3.63, 3.8) is 0 Å². The largest absolute Gasteiger partial charge is 0.420 e. The molecule has 1 fully saturated rings. The molecular formula is C10H28O4Si4. The highest BCUT2D eigenvalue weighted by atomic mass is 28.5. The Labute approximate surface area is 117 Å². The van der Waals surface area contributed by atoms with Crippen LogP contribution in [0.5, 0.6) is 0 Å². The van der Waals surface area contributed by atoms with Crippen LogP contribution in [-0.4, -0.2) is 35.7 Å². The van der Waals surface area contributed by atoms with E-state index < -0.39 is 35.7 Å². The fourth-order valence-corrected chi connectivity index (χ4v) is 20.4. The quantitative estimate of drug-likeness (QED) is 0.745. The molecule has 0 N–H and O–H groups in total. The van der Waals surface area contributed by atoms with E-state index in [-0.39, 0.29) is 0 Å². The van der Waals surface area contributed by atoms with Crippen LogP contribution in [0.4, 0.5) is 0 Å². The van der Waals surface area contributed by atoms with Gasteiger partial charge in [-0.15, -0.1) is 0 Å². The van der Waals surface area contributed by atoms with Gasteiger partial charge in [0.25, 0.3) is 18.6 Å². The van der Waals surface area contributed by atoms with Gasteiger partial charge in [-0.05, 0) is 38.3 Å². The molecule has 4 nitrogen and oxygen atoms in total. The topological polar surface area (TPSA) is 36.9 Å². The van der Waals surface area contributed by atoms with Crippen molar-refractivity contribution in [3.8, 4) is 0 Å². The summed E-state index contributed by atoms with van der Waals surface area (Å²) in [6.45, 7) is 12.9. The zero-order valence-electron chi connectivity index (χ0n) is 12.6. The second kappa shape index (κ2) is 6.93. The van der Waals surface area contributed by atoms with Gasteiger partial charge in [-0.25, -0.2) is 0 Å². The third-order valence-corrected chi connectivity index (χ3v) is 19.0. The molecule has 0 aromatic rings. The molecule has 8 heteroatoms. The molecule has 0 spiro atoms. The summed E-state index contributed by atoms with van der Waals surface area (Å²) in [5.41, 5.74) is 0. The Kier molecular flexibility index (Phi) is 6.45. The highest BCUT2D eigenvalue weighted by Gasteiger charge is 2.46. The summed E-state index contributed by atoms with van der Waals surface area (Å²) in [7, 11) is -7.31. The van der Waals surface area contributed by atoms with Crippen LogP contribution >= 0.6 is 0 Å². The predicted octanol–water partition coefficient (Wildman–Crippen LogP) is 2.73. The minimum absolute atomic E-state index is 1.04. The summed E-state index contributed by atoms with van der Waals surface area (Å²) in [5.74, 6) is 0. The molecule has 0 bridgehead atoms. The minimum atomic E-state index is -2.09. The SMILES string of the molecule is CCC[Si]1(C)O[SiH](C)O[SiH](C)O[Si](C)(CCC)O1. The fourth-order valence-electron chi connectivity index (χ4n) is 2.66. The van der Waals surface area contributed by atoms with Crippen LogP contribution in [-0.2, 0) is 16.5 Å². The van der Waals surface area contributed by atoms with Crippen molar-refractivity contribution in [1.29, 1.82) is 0 Å². The highest BCUT2D eigenvalue weighted by Crippen LogP contribution is 2.29. The fraction of sp³-hybridized carbons (Fsp3) is 1.00. The average Bonchev–Trinajstić information content (AvgIpc) is 2.13. The monoisotopic (exact) mass is 324 g/mol. The van der Waals surface area contributed by atoms with E-state index in [1.165, 1.54) is 0 Å². The van der Waals surface area contributed by atoms with Crippen molar-refractivity contribution in [2.75, 3.05) is 0 Å². The summed E-state index contributed by atoms with van der Waals surface area (Å²) in [6, 6.07) is 2.08. The van der Waals surface area contributed by atoms with Crippen molar-refractivity contribution in [1.82, 2.24) is 0 Å². The molecule has 18 heavy (non-hydrogen) atoms. The maximum absolute atomic E-state index is 6.51. The van der Waals surface area contributed by atoms with Crippen LogP contribution in [0.3, 0.4) is 0 Å². The zero-order valence-corrected chi connectivity index (χ0v) is 16.9. The van der Waals surface area contributed by atoms with Crippen molar-refractivity contribution in [3.05, 3.63) is 0 Å². The van der Waals surface area contributed by atoms with Gasteiger partial charge in [-0.3, -0.25) is 0 Å². The Bertz CT molecular complexity index is 246. The molecule has 1 rings (SSSR count). The molecule has 0 aromatic carbocycles. The molecule has 4 unspecified atom stereocenters.